The van der Waals surface area contributed by atoms with Gasteiger partial charge in [0.2, 0.25) is 0 Å². The molecule has 0 fully saturated rings. The lowest BCUT2D eigenvalue weighted by Gasteiger charge is -2.16. The molecule has 1 amide bonds. The maximum absolute atomic E-state index is 12.2. The minimum atomic E-state index is -0.547. The first-order valence-corrected chi connectivity index (χ1v) is 8.21. The third kappa shape index (κ3) is 5.30. The summed E-state index contributed by atoms with van der Waals surface area (Å²) < 4.78 is 11.3. The van der Waals surface area contributed by atoms with Gasteiger partial charge in [0, 0.05) is 6.54 Å². The second kappa shape index (κ2) is 8.39. The van der Waals surface area contributed by atoms with E-state index in [0.29, 0.717) is 6.54 Å². The van der Waals surface area contributed by atoms with Crippen molar-refractivity contribution < 1.29 is 14.3 Å². The molecule has 1 unspecified atom stereocenters. The molecule has 0 saturated carbocycles. The van der Waals surface area contributed by atoms with Crippen LogP contribution in [0.25, 0.3) is 0 Å². The molecule has 4 heteroatoms. The standard InChI is InChI=1S/C20H25NO3/c1-14(2)23-18-11-9-17(10-12-18)13-21-20(22)16(4)24-19-8-6-5-7-15(19)3/h5-12,14,16H,13H2,1-4H3,(H,21,22). The molecule has 2 aromatic rings. The van der Waals surface area contributed by atoms with E-state index in [9.17, 15) is 4.79 Å². The van der Waals surface area contributed by atoms with E-state index in [-0.39, 0.29) is 12.0 Å². The second-order valence-corrected chi connectivity index (χ2v) is 6.05. The molecule has 0 aliphatic rings. The third-order valence-electron chi connectivity index (χ3n) is 3.53. The van der Waals surface area contributed by atoms with Gasteiger partial charge in [0.25, 0.3) is 5.91 Å². The Kier molecular flexibility index (Phi) is 6.24. The van der Waals surface area contributed by atoms with Gasteiger partial charge in [-0.1, -0.05) is 30.3 Å². The van der Waals surface area contributed by atoms with E-state index in [0.717, 1.165) is 22.6 Å². The number of carbonyl (C=O) groups excluding carboxylic acids is 1. The third-order valence-corrected chi connectivity index (χ3v) is 3.53. The van der Waals surface area contributed by atoms with Crippen LogP contribution in [0.3, 0.4) is 0 Å². The molecule has 2 aromatic carbocycles. The number of carbonyl (C=O) groups is 1. The van der Waals surface area contributed by atoms with Crippen LogP contribution in [0.2, 0.25) is 0 Å². The first-order chi connectivity index (χ1) is 11.5. The summed E-state index contributed by atoms with van der Waals surface area (Å²) in [6, 6.07) is 15.4. The Bertz CT molecular complexity index is 665. The van der Waals surface area contributed by atoms with Crippen molar-refractivity contribution in [2.75, 3.05) is 0 Å². The topological polar surface area (TPSA) is 47.6 Å². The highest BCUT2D eigenvalue weighted by Gasteiger charge is 2.15. The Balaban J connectivity index is 1.85. The van der Waals surface area contributed by atoms with E-state index >= 15 is 0 Å². The summed E-state index contributed by atoms with van der Waals surface area (Å²) in [5.74, 6) is 1.42. The molecule has 0 bridgehead atoms. The monoisotopic (exact) mass is 327 g/mol. The molecular weight excluding hydrogens is 302 g/mol. The van der Waals surface area contributed by atoms with Crippen molar-refractivity contribution in [1.82, 2.24) is 5.32 Å². The molecule has 0 heterocycles. The van der Waals surface area contributed by atoms with Crippen LogP contribution in [0.15, 0.2) is 48.5 Å². The summed E-state index contributed by atoms with van der Waals surface area (Å²) in [5.41, 5.74) is 2.03. The first-order valence-electron chi connectivity index (χ1n) is 8.21. The highest BCUT2D eigenvalue weighted by molar-refractivity contribution is 5.80. The second-order valence-electron chi connectivity index (χ2n) is 6.05. The average Bonchev–Trinajstić information content (AvgIpc) is 2.55. The maximum Gasteiger partial charge on any atom is 0.261 e. The maximum atomic E-state index is 12.2. The fourth-order valence-corrected chi connectivity index (χ4v) is 2.22. The molecule has 1 N–H and O–H groups in total. The number of hydrogen-bond donors (Lipinski definition) is 1. The van der Waals surface area contributed by atoms with Crippen LogP contribution < -0.4 is 14.8 Å². The summed E-state index contributed by atoms with van der Waals surface area (Å²) in [6.07, 6.45) is -0.398. The number of para-hydroxylation sites is 1. The molecule has 0 spiro atoms. The largest absolute Gasteiger partial charge is 0.491 e. The van der Waals surface area contributed by atoms with Gasteiger partial charge in [0.05, 0.1) is 6.10 Å². The summed E-state index contributed by atoms with van der Waals surface area (Å²) in [7, 11) is 0. The van der Waals surface area contributed by atoms with Crippen LogP contribution in [0.1, 0.15) is 31.9 Å². The zero-order valence-electron chi connectivity index (χ0n) is 14.7. The molecule has 0 aromatic heterocycles. The van der Waals surface area contributed by atoms with Crippen LogP contribution in [-0.2, 0) is 11.3 Å². The normalized spacial score (nSPS) is 11.9. The highest BCUT2D eigenvalue weighted by atomic mass is 16.5. The SMILES string of the molecule is Cc1ccccc1OC(C)C(=O)NCc1ccc(OC(C)C)cc1. The molecule has 2 rings (SSSR count). The number of aryl methyl sites for hydroxylation is 1. The predicted molar refractivity (Wildman–Crippen MR) is 95.3 cm³/mol. The molecule has 0 radical (unpaired) electrons. The van der Waals surface area contributed by atoms with Crippen molar-refractivity contribution in [2.45, 2.75) is 46.4 Å². The van der Waals surface area contributed by atoms with E-state index in [4.69, 9.17) is 9.47 Å². The summed E-state index contributed by atoms with van der Waals surface area (Å²) in [5, 5.41) is 2.89. The van der Waals surface area contributed by atoms with E-state index in [1.807, 2.05) is 69.3 Å². The van der Waals surface area contributed by atoms with Gasteiger partial charge in [-0.2, -0.15) is 0 Å². The van der Waals surface area contributed by atoms with E-state index in [1.54, 1.807) is 6.92 Å². The summed E-state index contributed by atoms with van der Waals surface area (Å²) in [6.45, 7) is 8.15. The van der Waals surface area contributed by atoms with Crippen LogP contribution in [-0.4, -0.2) is 18.1 Å². The van der Waals surface area contributed by atoms with Crippen molar-refractivity contribution in [1.29, 1.82) is 0 Å². The van der Waals surface area contributed by atoms with Gasteiger partial charge in [-0.3, -0.25) is 4.79 Å². The van der Waals surface area contributed by atoms with Gasteiger partial charge in [0.1, 0.15) is 11.5 Å². The molecule has 128 valence electrons. The Hall–Kier alpha value is -2.49. The van der Waals surface area contributed by atoms with Crippen LogP contribution >= 0.6 is 0 Å². The molecular formula is C20H25NO3. The molecule has 4 nitrogen and oxygen atoms in total. The van der Waals surface area contributed by atoms with Gasteiger partial charge < -0.3 is 14.8 Å². The minimum absolute atomic E-state index is 0.138. The Labute approximate surface area is 143 Å². The summed E-state index contributed by atoms with van der Waals surface area (Å²) >= 11 is 0. The molecule has 0 aliphatic carbocycles. The first kappa shape index (κ1) is 17.9. The van der Waals surface area contributed by atoms with Crippen molar-refractivity contribution in [3.8, 4) is 11.5 Å². The van der Waals surface area contributed by atoms with Gasteiger partial charge in [-0.15, -0.1) is 0 Å². The number of ether oxygens (including phenoxy) is 2. The predicted octanol–water partition coefficient (Wildman–Crippen LogP) is 3.87. The zero-order chi connectivity index (χ0) is 17.5. The zero-order valence-corrected chi connectivity index (χ0v) is 14.7. The molecule has 0 aliphatic heterocycles. The number of rotatable bonds is 7. The summed E-state index contributed by atoms with van der Waals surface area (Å²) in [4.78, 5) is 12.2. The number of amides is 1. The lowest BCUT2D eigenvalue weighted by molar-refractivity contribution is -0.127. The average molecular weight is 327 g/mol. The Morgan fingerprint density at radius 1 is 1.00 bits per heavy atom. The van der Waals surface area contributed by atoms with E-state index in [1.165, 1.54) is 0 Å². The van der Waals surface area contributed by atoms with Crippen LogP contribution in [0.5, 0.6) is 11.5 Å². The van der Waals surface area contributed by atoms with E-state index in [2.05, 4.69) is 5.32 Å². The van der Waals surface area contributed by atoms with Crippen molar-refractivity contribution in [3.05, 3.63) is 59.7 Å². The van der Waals surface area contributed by atoms with Gasteiger partial charge in [-0.05, 0) is 57.0 Å². The minimum Gasteiger partial charge on any atom is -0.491 e. The molecule has 1 atom stereocenters. The van der Waals surface area contributed by atoms with E-state index < -0.39 is 6.10 Å². The van der Waals surface area contributed by atoms with Crippen molar-refractivity contribution in [3.63, 3.8) is 0 Å². The van der Waals surface area contributed by atoms with Gasteiger partial charge >= 0.3 is 0 Å². The molecule has 24 heavy (non-hydrogen) atoms. The Morgan fingerprint density at radius 3 is 2.29 bits per heavy atom. The lowest BCUT2D eigenvalue weighted by Crippen LogP contribution is -2.36. The number of benzene rings is 2. The smallest absolute Gasteiger partial charge is 0.261 e. The van der Waals surface area contributed by atoms with Crippen LogP contribution in [0.4, 0.5) is 0 Å². The fraction of sp³-hybridized carbons (Fsp3) is 0.350. The van der Waals surface area contributed by atoms with Gasteiger partial charge in [-0.25, -0.2) is 0 Å². The number of hydrogen-bond acceptors (Lipinski definition) is 3. The quantitative estimate of drug-likeness (QED) is 0.840. The van der Waals surface area contributed by atoms with Gasteiger partial charge in [0.15, 0.2) is 6.10 Å². The van der Waals surface area contributed by atoms with Crippen molar-refractivity contribution in [2.24, 2.45) is 0 Å². The number of nitrogens with one attached hydrogen (secondary N) is 1. The highest BCUT2D eigenvalue weighted by Crippen LogP contribution is 2.18. The Morgan fingerprint density at radius 2 is 1.67 bits per heavy atom. The fourth-order valence-electron chi connectivity index (χ4n) is 2.22. The van der Waals surface area contributed by atoms with Crippen molar-refractivity contribution >= 4 is 5.91 Å². The van der Waals surface area contributed by atoms with Crippen LogP contribution in [0, 0.1) is 6.92 Å². The lowest BCUT2D eigenvalue weighted by atomic mass is 10.2. The molecule has 0 saturated heterocycles.